The maximum absolute atomic E-state index is 13.2. The minimum atomic E-state index is -3.96. The molecular formula is C21H21N3O3S. The summed E-state index contributed by atoms with van der Waals surface area (Å²) in [6.07, 6.45) is 2.32. The fraction of sp³-hybridized carbons (Fsp3) is 0.238. The Labute approximate surface area is 165 Å². The number of hydrogen-bond acceptors (Lipinski definition) is 3. The van der Waals surface area contributed by atoms with E-state index in [0.29, 0.717) is 18.7 Å². The van der Waals surface area contributed by atoms with Gasteiger partial charge in [-0.15, -0.1) is 4.40 Å². The number of allylic oxidation sites excluding steroid dienone is 1. The number of rotatable bonds is 2. The van der Waals surface area contributed by atoms with E-state index in [1.165, 1.54) is 12.6 Å². The van der Waals surface area contributed by atoms with Gasteiger partial charge in [-0.2, -0.15) is 8.42 Å². The SMILES string of the molecule is Cc1ccc(C2=NS(=O)(=O)N(C)C(C(=O)N3CCc4ccccc4C3)=C2)cc1. The highest BCUT2D eigenvalue weighted by atomic mass is 32.2. The molecule has 0 aliphatic carbocycles. The van der Waals surface area contributed by atoms with E-state index in [4.69, 9.17) is 0 Å². The summed E-state index contributed by atoms with van der Waals surface area (Å²) in [5.74, 6) is -0.305. The molecule has 0 saturated heterocycles. The Hall–Kier alpha value is -2.93. The number of carbonyl (C=O) groups is 1. The van der Waals surface area contributed by atoms with Gasteiger partial charge in [-0.05, 0) is 30.5 Å². The molecular weight excluding hydrogens is 374 g/mol. The van der Waals surface area contributed by atoms with Crippen molar-refractivity contribution in [2.75, 3.05) is 13.6 Å². The first-order chi connectivity index (χ1) is 13.3. The molecule has 0 atom stereocenters. The molecule has 2 aliphatic heterocycles. The highest BCUT2D eigenvalue weighted by molar-refractivity contribution is 7.88. The minimum Gasteiger partial charge on any atom is -0.333 e. The monoisotopic (exact) mass is 395 g/mol. The molecule has 0 radical (unpaired) electrons. The number of hydrogen-bond donors (Lipinski definition) is 0. The van der Waals surface area contributed by atoms with Crippen molar-refractivity contribution in [2.24, 2.45) is 4.40 Å². The molecule has 0 N–H and O–H groups in total. The Balaban J connectivity index is 1.68. The van der Waals surface area contributed by atoms with Crippen LogP contribution < -0.4 is 0 Å². The minimum absolute atomic E-state index is 0.116. The Kier molecular flexibility index (Phi) is 4.55. The van der Waals surface area contributed by atoms with Gasteiger partial charge < -0.3 is 4.90 Å². The number of aryl methyl sites for hydroxylation is 1. The van der Waals surface area contributed by atoms with Crippen LogP contribution in [0, 0.1) is 6.92 Å². The zero-order valence-corrected chi connectivity index (χ0v) is 16.6. The van der Waals surface area contributed by atoms with Gasteiger partial charge in [0.15, 0.2) is 0 Å². The number of carbonyl (C=O) groups excluding carboxylic acids is 1. The highest BCUT2D eigenvalue weighted by Gasteiger charge is 2.33. The average Bonchev–Trinajstić information content (AvgIpc) is 2.69. The molecule has 2 aromatic rings. The van der Waals surface area contributed by atoms with Crippen molar-refractivity contribution in [1.82, 2.24) is 9.21 Å². The molecule has 7 heteroatoms. The van der Waals surface area contributed by atoms with Crippen molar-refractivity contribution in [2.45, 2.75) is 19.9 Å². The van der Waals surface area contributed by atoms with E-state index in [0.717, 1.165) is 21.9 Å². The van der Waals surface area contributed by atoms with Gasteiger partial charge in [0, 0.05) is 25.7 Å². The van der Waals surface area contributed by atoms with Crippen LogP contribution in [0.15, 0.2) is 64.7 Å². The summed E-state index contributed by atoms with van der Waals surface area (Å²) in [7, 11) is -2.59. The lowest BCUT2D eigenvalue weighted by Crippen LogP contribution is -2.43. The molecule has 2 aliphatic rings. The van der Waals surface area contributed by atoms with Gasteiger partial charge in [0.2, 0.25) is 0 Å². The van der Waals surface area contributed by atoms with Crippen molar-refractivity contribution in [3.63, 3.8) is 0 Å². The van der Waals surface area contributed by atoms with Gasteiger partial charge in [0.1, 0.15) is 5.70 Å². The lowest BCUT2D eigenvalue weighted by atomic mass is 9.99. The van der Waals surface area contributed by atoms with Crippen molar-refractivity contribution in [3.8, 4) is 0 Å². The summed E-state index contributed by atoms with van der Waals surface area (Å²) in [6.45, 7) is 2.98. The first-order valence-corrected chi connectivity index (χ1v) is 10.5. The summed E-state index contributed by atoms with van der Waals surface area (Å²) in [5, 5.41) is 0. The van der Waals surface area contributed by atoms with E-state index in [1.807, 2.05) is 49.4 Å². The Bertz CT molecular complexity index is 1100. The lowest BCUT2D eigenvalue weighted by Gasteiger charge is -2.32. The van der Waals surface area contributed by atoms with Crippen LogP contribution >= 0.6 is 0 Å². The van der Waals surface area contributed by atoms with Crippen LogP contribution in [0.4, 0.5) is 0 Å². The molecule has 0 spiro atoms. The second-order valence-electron chi connectivity index (χ2n) is 7.06. The molecule has 4 rings (SSSR count). The molecule has 0 saturated carbocycles. The molecule has 0 bridgehead atoms. The maximum Gasteiger partial charge on any atom is 0.345 e. The predicted octanol–water partition coefficient (Wildman–Crippen LogP) is 2.44. The molecule has 144 valence electrons. The van der Waals surface area contributed by atoms with Crippen LogP contribution in [0.5, 0.6) is 0 Å². The Morgan fingerprint density at radius 3 is 2.43 bits per heavy atom. The van der Waals surface area contributed by atoms with Crippen LogP contribution in [0.3, 0.4) is 0 Å². The van der Waals surface area contributed by atoms with Gasteiger partial charge in [0.05, 0.1) is 5.71 Å². The Morgan fingerprint density at radius 2 is 1.71 bits per heavy atom. The summed E-state index contributed by atoms with van der Waals surface area (Å²) >= 11 is 0. The number of nitrogens with zero attached hydrogens (tertiary/aromatic N) is 3. The molecule has 2 heterocycles. The van der Waals surface area contributed by atoms with Crippen LogP contribution in [-0.4, -0.2) is 42.8 Å². The van der Waals surface area contributed by atoms with Crippen molar-refractivity contribution >= 4 is 21.8 Å². The predicted molar refractivity (Wildman–Crippen MR) is 108 cm³/mol. The normalized spacial score (nSPS) is 18.2. The fourth-order valence-corrected chi connectivity index (χ4v) is 4.35. The van der Waals surface area contributed by atoms with Crippen molar-refractivity contribution < 1.29 is 13.2 Å². The average molecular weight is 395 g/mol. The van der Waals surface area contributed by atoms with E-state index in [2.05, 4.69) is 10.5 Å². The molecule has 6 nitrogen and oxygen atoms in total. The van der Waals surface area contributed by atoms with Crippen LogP contribution in [0.2, 0.25) is 0 Å². The summed E-state index contributed by atoms with van der Waals surface area (Å²) in [6, 6.07) is 15.4. The van der Waals surface area contributed by atoms with Crippen LogP contribution in [-0.2, 0) is 28.0 Å². The largest absolute Gasteiger partial charge is 0.345 e. The van der Waals surface area contributed by atoms with Crippen molar-refractivity contribution in [3.05, 3.63) is 82.6 Å². The fourth-order valence-electron chi connectivity index (χ4n) is 3.44. The molecule has 0 unspecified atom stereocenters. The van der Waals surface area contributed by atoms with E-state index >= 15 is 0 Å². The summed E-state index contributed by atoms with van der Waals surface area (Å²) in [5.41, 5.74) is 4.44. The zero-order chi connectivity index (χ0) is 19.9. The van der Waals surface area contributed by atoms with E-state index in [-0.39, 0.29) is 17.3 Å². The lowest BCUT2D eigenvalue weighted by molar-refractivity contribution is -0.129. The van der Waals surface area contributed by atoms with E-state index < -0.39 is 10.2 Å². The first-order valence-electron chi connectivity index (χ1n) is 9.09. The third-order valence-corrected chi connectivity index (χ3v) is 6.47. The van der Waals surface area contributed by atoms with Crippen molar-refractivity contribution in [1.29, 1.82) is 0 Å². The van der Waals surface area contributed by atoms with E-state index in [9.17, 15) is 13.2 Å². The Morgan fingerprint density at radius 1 is 1.04 bits per heavy atom. The van der Waals surface area contributed by atoms with Gasteiger partial charge in [-0.25, -0.2) is 4.31 Å². The topological polar surface area (TPSA) is 70.0 Å². The smallest absolute Gasteiger partial charge is 0.333 e. The number of fused-ring (bicyclic) bond motifs is 1. The summed E-state index contributed by atoms with van der Waals surface area (Å²) < 4.78 is 30.0. The zero-order valence-electron chi connectivity index (χ0n) is 15.8. The second-order valence-corrected chi connectivity index (χ2v) is 8.69. The van der Waals surface area contributed by atoms with Gasteiger partial charge in [-0.1, -0.05) is 54.1 Å². The third-order valence-electron chi connectivity index (χ3n) is 5.16. The van der Waals surface area contributed by atoms with Crippen LogP contribution in [0.25, 0.3) is 0 Å². The standard InChI is InChI=1S/C21H21N3O3S/c1-15-7-9-17(10-8-15)19-13-20(23(2)28(26,27)22-19)21(25)24-12-11-16-5-3-4-6-18(16)14-24/h3-10,13H,11-12,14H2,1-2H3. The molecule has 28 heavy (non-hydrogen) atoms. The second kappa shape index (κ2) is 6.91. The van der Waals surface area contributed by atoms with Gasteiger partial charge in [0.25, 0.3) is 5.91 Å². The molecule has 2 aromatic carbocycles. The quantitative estimate of drug-likeness (QED) is 0.784. The molecule has 0 fully saturated rings. The van der Waals surface area contributed by atoms with E-state index in [1.54, 1.807) is 11.0 Å². The summed E-state index contributed by atoms with van der Waals surface area (Å²) in [4.78, 5) is 14.9. The molecule has 1 amide bonds. The number of likely N-dealkylation sites (N-methyl/N-ethyl adjacent to an activating group) is 1. The number of amides is 1. The molecule has 0 aromatic heterocycles. The van der Waals surface area contributed by atoms with Crippen LogP contribution in [0.1, 0.15) is 22.3 Å². The van der Waals surface area contributed by atoms with Gasteiger partial charge in [-0.3, -0.25) is 4.79 Å². The maximum atomic E-state index is 13.2. The first kappa shape index (κ1) is 18.4. The third kappa shape index (κ3) is 3.33. The van der Waals surface area contributed by atoms with Gasteiger partial charge >= 0.3 is 10.2 Å². The number of benzene rings is 2. The highest BCUT2D eigenvalue weighted by Crippen LogP contribution is 2.25.